The van der Waals surface area contributed by atoms with Crippen molar-refractivity contribution < 1.29 is 9.84 Å². The first-order valence-corrected chi connectivity index (χ1v) is 7.50. The van der Waals surface area contributed by atoms with Crippen LogP contribution >= 0.6 is 0 Å². The van der Waals surface area contributed by atoms with E-state index < -0.39 is 5.60 Å². The zero-order valence-electron chi connectivity index (χ0n) is 12.6. The first-order valence-electron chi connectivity index (χ1n) is 7.50. The molecule has 0 radical (unpaired) electrons. The van der Waals surface area contributed by atoms with Gasteiger partial charge in [0, 0.05) is 29.4 Å². The standard InChI is InChI=1S/C16H24N2O2/c1-11-14(7-8-15(17-11)20-3)16(19)9-12-5-4-6-13(10-16)18(12)2/h7-8,12-13,19H,4-6,9-10H2,1-3H3. The van der Waals surface area contributed by atoms with E-state index in [-0.39, 0.29) is 0 Å². The molecule has 1 aromatic rings. The summed E-state index contributed by atoms with van der Waals surface area (Å²) in [6.07, 6.45) is 5.30. The summed E-state index contributed by atoms with van der Waals surface area (Å²) >= 11 is 0. The van der Waals surface area contributed by atoms with E-state index in [1.54, 1.807) is 7.11 Å². The minimum absolute atomic E-state index is 0.494. The normalized spacial score (nSPS) is 34.0. The molecule has 2 bridgehead atoms. The molecule has 1 aromatic heterocycles. The molecule has 4 nitrogen and oxygen atoms in total. The van der Waals surface area contributed by atoms with Crippen molar-refractivity contribution in [2.24, 2.45) is 0 Å². The van der Waals surface area contributed by atoms with E-state index in [0.29, 0.717) is 18.0 Å². The lowest BCUT2D eigenvalue weighted by atomic mass is 9.72. The molecule has 0 aliphatic carbocycles. The van der Waals surface area contributed by atoms with Gasteiger partial charge in [-0.2, -0.15) is 0 Å². The zero-order valence-corrected chi connectivity index (χ0v) is 12.6. The lowest BCUT2D eigenvalue weighted by Crippen LogP contribution is -2.55. The van der Waals surface area contributed by atoms with Crippen molar-refractivity contribution in [1.29, 1.82) is 0 Å². The highest BCUT2D eigenvalue weighted by molar-refractivity contribution is 5.31. The Balaban J connectivity index is 1.93. The predicted octanol–water partition coefficient (Wildman–Crippen LogP) is 2.23. The third kappa shape index (κ3) is 2.21. The number of aryl methyl sites for hydroxylation is 1. The average molecular weight is 276 g/mol. The quantitative estimate of drug-likeness (QED) is 0.900. The van der Waals surface area contributed by atoms with Crippen LogP contribution < -0.4 is 4.74 Å². The van der Waals surface area contributed by atoms with Crippen molar-refractivity contribution in [2.75, 3.05) is 14.2 Å². The van der Waals surface area contributed by atoms with Crippen LogP contribution in [0.5, 0.6) is 5.88 Å². The first-order chi connectivity index (χ1) is 9.53. The molecule has 2 aliphatic rings. The molecule has 0 aromatic carbocycles. The van der Waals surface area contributed by atoms with E-state index in [2.05, 4.69) is 16.9 Å². The molecule has 0 amide bonds. The van der Waals surface area contributed by atoms with Crippen molar-refractivity contribution in [2.45, 2.75) is 56.7 Å². The summed E-state index contributed by atoms with van der Waals surface area (Å²) in [6, 6.07) is 4.83. The first kappa shape index (κ1) is 13.8. The van der Waals surface area contributed by atoms with E-state index in [0.717, 1.165) is 24.1 Å². The molecule has 2 unspecified atom stereocenters. The van der Waals surface area contributed by atoms with Crippen LogP contribution in [0.25, 0.3) is 0 Å². The number of fused-ring (bicyclic) bond motifs is 2. The predicted molar refractivity (Wildman–Crippen MR) is 77.8 cm³/mol. The number of methoxy groups -OCH3 is 1. The molecular weight excluding hydrogens is 252 g/mol. The zero-order chi connectivity index (χ0) is 14.3. The smallest absolute Gasteiger partial charge is 0.213 e. The molecule has 2 fully saturated rings. The molecule has 2 aliphatic heterocycles. The second kappa shape index (κ2) is 5.01. The Hall–Kier alpha value is -1.13. The molecule has 3 rings (SSSR count). The molecule has 1 N–H and O–H groups in total. The van der Waals surface area contributed by atoms with Gasteiger partial charge in [0.15, 0.2) is 0 Å². The fraction of sp³-hybridized carbons (Fsp3) is 0.688. The van der Waals surface area contributed by atoms with Gasteiger partial charge in [0.1, 0.15) is 0 Å². The van der Waals surface area contributed by atoms with Crippen molar-refractivity contribution >= 4 is 0 Å². The van der Waals surface area contributed by atoms with E-state index >= 15 is 0 Å². The number of ether oxygens (including phenoxy) is 1. The maximum atomic E-state index is 11.2. The third-order valence-corrected chi connectivity index (χ3v) is 5.14. The van der Waals surface area contributed by atoms with E-state index in [1.807, 2.05) is 19.1 Å². The van der Waals surface area contributed by atoms with Crippen LogP contribution in [0.3, 0.4) is 0 Å². The number of aromatic nitrogens is 1. The van der Waals surface area contributed by atoms with Gasteiger partial charge in [0.25, 0.3) is 0 Å². The third-order valence-electron chi connectivity index (χ3n) is 5.14. The summed E-state index contributed by atoms with van der Waals surface area (Å²) in [5, 5.41) is 11.2. The monoisotopic (exact) mass is 276 g/mol. The molecule has 2 saturated heterocycles. The highest BCUT2D eigenvalue weighted by atomic mass is 16.5. The Bertz CT molecular complexity index is 489. The minimum Gasteiger partial charge on any atom is -0.481 e. The SMILES string of the molecule is COc1ccc(C2(O)CC3CCCC(C2)N3C)c(C)n1. The van der Waals surface area contributed by atoms with E-state index in [1.165, 1.54) is 19.3 Å². The topological polar surface area (TPSA) is 45.6 Å². The van der Waals surface area contributed by atoms with Crippen LogP contribution in [0.15, 0.2) is 12.1 Å². The fourth-order valence-electron chi connectivity index (χ4n) is 4.01. The number of rotatable bonds is 2. The van der Waals surface area contributed by atoms with Gasteiger partial charge in [0.2, 0.25) is 5.88 Å². The fourth-order valence-corrected chi connectivity index (χ4v) is 4.01. The number of hydrogen-bond donors (Lipinski definition) is 1. The van der Waals surface area contributed by atoms with Crippen LogP contribution in [0.1, 0.15) is 43.4 Å². The van der Waals surface area contributed by atoms with Crippen LogP contribution in [-0.2, 0) is 5.60 Å². The maximum absolute atomic E-state index is 11.2. The number of pyridine rings is 1. The molecule has 2 atom stereocenters. The number of piperidine rings is 2. The molecular formula is C16H24N2O2. The largest absolute Gasteiger partial charge is 0.481 e. The summed E-state index contributed by atoms with van der Waals surface area (Å²) in [5.41, 5.74) is 1.13. The van der Waals surface area contributed by atoms with E-state index in [4.69, 9.17) is 4.74 Å². The van der Waals surface area contributed by atoms with Crippen LogP contribution in [0.2, 0.25) is 0 Å². The summed E-state index contributed by atoms with van der Waals surface area (Å²) in [4.78, 5) is 6.89. The summed E-state index contributed by atoms with van der Waals surface area (Å²) < 4.78 is 5.16. The Morgan fingerprint density at radius 2 is 1.95 bits per heavy atom. The molecule has 4 heteroatoms. The minimum atomic E-state index is -0.731. The highest BCUT2D eigenvalue weighted by Crippen LogP contribution is 2.44. The van der Waals surface area contributed by atoms with Gasteiger partial charge in [-0.25, -0.2) is 4.98 Å². The summed E-state index contributed by atoms with van der Waals surface area (Å²) in [6.45, 7) is 1.96. The van der Waals surface area contributed by atoms with Crippen molar-refractivity contribution in [3.63, 3.8) is 0 Å². The van der Waals surface area contributed by atoms with Gasteiger partial charge < -0.3 is 14.7 Å². The number of aliphatic hydroxyl groups is 1. The number of nitrogens with zero attached hydrogens (tertiary/aromatic N) is 2. The summed E-state index contributed by atoms with van der Waals surface area (Å²) in [7, 11) is 3.82. The second-order valence-corrected chi connectivity index (χ2v) is 6.33. The van der Waals surface area contributed by atoms with Gasteiger partial charge in [0.05, 0.1) is 12.7 Å². The molecule has 20 heavy (non-hydrogen) atoms. The lowest BCUT2D eigenvalue weighted by Gasteiger charge is -2.51. The van der Waals surface area contributed by atoms with Gasteiger partial charge in [-0.3, -0.25) is 0 Å². The molecule has 0 saturated carbocycles. The van der Waals surface area contributed by atoms with Crippen molar-refractivity contribution in [3.8, 4) is 5.88 Å². The molecule has 0 spiro atoms. The Morgan fingerprint density at radius 3 is 2.50 bits per heavy atom. The average Bonchev–Trinajstić information content (AvgIpc) is 2.40. The van der Waals surface area contributed by atoms with Gasteiger partial charge in [-0.15, -0.1) is 0 Å². The van der Waals surface area contributed by atoms with Crippen molar-refractivity contribution in [1.82, 2.24) is 9.88 Å². The number of hydrogen-bond acceptors (Lipinski definition) is 4. The van der Waals surface area contributed by atoms with Gasteiger partial charge in [-0.1, -0.05) is 6.42 Å². The summed E-state index contributed by atoms with van der Waals surface area (Å²) in [5.74, 6) is 0.614. The lowest BCUT2D eigenvalue weighted by molar-refractivity contribution is -0.0879. The Labute approximate surface area is 120 Å². The van der Waals surface area contributed by atoms with Crippen LogP contribution in [-0.4, -0.2) is 41.2 Å². The van der Waals surface area contributed by atoms with Crippen LogP contribution in [0.4, 0.5) is 0 Å². The second-order valence-electron chi connectivity index (χ2n) is 6.33. The van der Waals surface area contributed by atoms with E-state index in [9.17, 15) is 5.11 Å². The van der Waals surface area contributed by atoms with Crippen molar-refractivity contribution in [3.05, 3.63) is 23.4 Å². The van der Waals surface area contributed by atoms with Crippen LogP contribution in [0, 0.1) is 6.92 Å². The maximum Gasteiger partial charge on any atom is 0.213 e. The van der Waals surface area contributed by atoms with Gasteiger partial charge in [-0.05, 0) is 45.7 Å². The van der Waals surface area contributed by atoms with Gasteiger partial charge >= 0.3 is 0 Å². The highest BCUT2D eigenvalue weighted by Gasteiger charge is 2.45. The molecule has 110 valence electrons. The molecule has 3 heterocycles. The Morgan fingerprint density at radius 1 is 1.30 bits per heavy atom. The Kier molecular flexibility index (Phi) is 3.46.